The molecule has 164 valence electrons. The zero-order valence-corrected chi connectivity index (χ0v) is 17.6. The molecule has 2 heterocycles. The van der Waals surface area contributed by atoms with Gasteiger partial charge in [0.25, 0.3) is 0 Å². The van der Waals surface area contributed by atoms with Gasteiger partial charge in [-0.25, -0.2) is 9.59 Å². The molecule has 8 nitrogen and oxygen atoms in total. The summed E-state index contributed by atoms with van der Waals surface area (Å²) in [6.07, 6.45) is 2.08. The molecule has 0 aliphatic heterocycles. The van der Waals surface area contributed by atoms with E-state index in [9.17, 15) is 14.4 Å². The number of hydrogen-bond acceptors (Lipinski definition) is 6. The lowest BCUT2D eigenvalue weighted by Gasteiger charge is -2.17. The second kappa shape index (κ2) is 8.97. The Morgan fingerprint density at radius 2 is 1.91 bits per heavy atom. The fraction of sp³-hybridized carbons (Fsp3) is 0.208. The van der Waals surface area contributed by atoms with Crippen LogP contribution in [0.3, 0.4) is 0 Å². The van der Waals surface area contributed by atoms with Gasteiger partial charge in [0.05, 0.1) is 7.11 Å². The molecule has 1 amide bonds. The highest BCUT2D eigenvalue weighted by molar-refractivity contribution is 5.87. The van der Waals surface area contributed by atoms with Crippen LogP contribution in [0.2, 0.25) is 0 Å². The highest BCUT2D eigenvalue weighted by atomic mass is 16.5. The highest BCUT2D eigenvalue weighted by Crippen LogP contribution is 2.23. The maximum absolute atomic E-state index is 12.9. The van der Waals surface area contributed by atoms with Gasteiger partial charge in [-0.15, -0.1) is 0 Å². The normalized spacial score (nSPS) is 11.9. The van der Waals surface area contributed by atoms with E-state index in [4.69, 9.17) is 13.9 Å². The fourth-order valence-electron chi connectivity index (χ4n) is 3.67. The van der Waals surface area contributed by atoms with Gasteiger partial charge in [-0.3, -0.25) is 4.79 Å². The molecule has 0 saturated heterocycles. The first-order chi connectivity index (χ1) is 15.4. The van der Waals surface area contributed by atoms with Crippen molar-refractivity contribution in [2.75, 3.05) is 7.11 Å². The molecular formula is C24H22N2O6. The van der Waals surface area contributed by atoms with Gasteiger partial charge in [-0.05, 0) is 23.8 Å². The van der Waals surface area contributed by atoms with Crippen molar-refractivity contribution in [1.82, 2.24) is 10.3 Å². The molecule has 0 fully saturated rings. The van der Waals surface area contributed by atoms with Crippen LogP contribution in [0.25, 0.3) is 21.9 Å². The van der Waals surface area contributed by atoms with Crippen molar-refractivity contribution in [3.05, 3.63) is 76.3 Å². The van der Waals surface area contributed by atoms with Crippen molar-refractivity contribution >= 4 is 33.7 Å². The van der Waals surface area contributed by atoms with Crippen LogP contribution < -0.4 is 15.7 Å². The van der Waals surface area contributed by atoms with Crippen molar-refractivity contribution in [2.24, 2.45) is 0 Å². The van der Waals surface area contributed by atoms with Crippen LogP contribution in [-0.2, 0) is 27.4 Å². The molecule has 0 aliphatic carbocycles. The van der Waals surface area contributed by atoms with Crippen LogP contribution in [0.5, 0.6) is 5.75 Å². The summed E-state index contributed by atoms with van der Waals surface area (Å²) in [4.78, 5) is 39.7. The number of carbonyl (C=O) groups is 2. The van der Waals surface area contributed by atoms with Crippen LogP contribution in [0, 0.1) is 0 Å². The molecular weight excluding hydrogens is 412 g/mol. The van der Waals surface area contributed by atoms with Crippen molar-refractivity contribution < 1.29 is 23.5 Å². The van der Waals surface area contributed by atoms with E-state index < -0.39 is 17.6 Å². The number of methoxy groups -OCH3 is 1. The number of aromatic amines is 1. The van der Waals surface area contributed by atoms with Gasteiger partial charge >= 0.3 is 11.6 Å². The van der Waals surface area contributed by atoms with Gasteiger partial charge in [0.2, 0.25) is 5.91 Å². The van der Waals surface area contributed by atoms with E-state index >= 15 is 0 Å². The lowest BCUT2D eigenvalue weighted by Crippen LogP contribution is -2.42. The molecule has 2 aromatic carbocycles. The zero-order valence-electron chi connectivity index (χ0n) is 17.6. The second-order valence-electron chi connectivity index (χ2n) is 7.38. The number of esters is 1. The molecule has 0 bridgehead atoms. The van der Waals surface area contributed by atoms with Crippen LogP contribution in [0.15, 0.2) is 63.9 Å². The summed E-state index contributed by atoms with van der Waals surface area (Å²) < 4.78 is 15.9. The number of hydrogen-bond donors (Lipinski definition) is 2. The number of rotatable bonds is 7. The van der Waals surface area contributed by atoms with Crippen LogP contribution in [0.4, 0.5) is 0 Å². The largest absolute Gasteiger partial charge is 0.497 e. The zero-order chi connectivity index (χ0) is 22.7. The van der Waals surface area contributed by atoms with E-state index in [1.807, 2.05) is 30.5 Å². The number of benzene rings is 2. The average molecular weight is 434 g/mol. The first-order valence-electron chi connectivity index (χ1n) is 10.0. The summed E-state index contributed by atoms with van der Waals surface area (Å²) in [6, 6.07) is 13.2. The average Bonchev–Trinajstić information content (AvgIpc) is 3.18. The van der Waals surface area contributed by atoms with E-state index in [0.717, 1.165) is 16.5 Å². The lowest BCUT2D eigenvalue weighted by molar-refractivity contribution is -0.148. The molecule has 4 rings (SSSR count). The van der Waals surface area contributed by atoms with E-state index in [2.05, 4.69) is 10.3 Å². The summed E-state index contributed by atoms with van der Waals surface area (Å²) in [5, 5.41) is 4.26. The molecule has 1 unspecified atom stereocenters. The third kappa shape index (κ3) is 4.49. The quantitative estimate of drug-likeness (QED) is 0.342. The number of aromatic nitrogens is 1. The standard InChI is InChI=1S/C24H22N2O6/c1-14(27)26-21(9-15-12-25-20-6-4-3-5-18(15)20)24(29)31-13-16-10-23(28)32-22-11-17(30-2)7-8-19(16)22/h3-8,10-12,21,25H,9,13H2,1-2H3,(H,26,27). The molecule has 2 N–H and O–H groups in total. The summed E-state index contributed by atoms with van der Waals surface area (Å²) in [5.41, 5.74) is 2.10. The third-order valence-electron chi connectivity index (χ3n) is 5.17. The van der Waals surface area contributed by atoms with E-state index in [1.165, 1.54) is 20.1 Å². The number of carbonyl (C=O) groups excluding carboxylic acids is 2. The van der Waals surface area contributed by atoms with Gasteiger partial charge in [0.15, 0.2) is 0 Å². The highest BCUT2D eigenvalue weighted by Gasteiger charge is 2.23. The number of amides is 1. The van der Waals surface area contributed by atoms with Gasteiger partial charge in [0, 0.05) is 53.5 Å². The van der Waals surface area contributed by atoms with Crippen molar-refractivity contribution in [1.29, 1.82) is 0 Å². The minimum absolute atomic E-state index is 0.142. The van der Waals surface area contributed by atoms with Crippen LogP contribution in [-0.4, -0.2) is 30.0 Å². The fourth-order valence-corrected chi connectivity index (χ4v) is 3.67. The molecule has 32 heavy (non-hydrogen) atoms. The van der Waals surface area contributed by atoms with Crippen molar-refractivity contribution in [3.8, 4) is 5.75 Å². The molecule has 0 aliphatic rings. The number of fused-ring (bicyclic) bond motifs is 2. The first-order valence-corrected chi connectivity index (χ1v) is 10.0. The smallest absolute Gasteiger partial charge is 0.336 e. The third-order valence-corrected chi connectivity index (χ3v) is 5.17. The Balaban J connectivity index is 1.55. The minimum atomic E-state index is -0.877. The molecule has 8 heteroatoms. The molecule has 0 saturated carbocycles. The Bertz CT molecular complexity index is 1350. The van der Waals surface area contributed by atoms with E-state index in [0.29, 0.717) is 22.3 Å². The summed E-state index contributed by atoms with van der Waals surface area (Å²) in [5.74, 6) is -0.399. The monoisotopic (exact) mass is 434 g/mol. The molecule has 4 aromatic rings. The molecule has 0 radical (unpaired) electrons. The maximum atomic E-state index is 12.9. The Kier molecular flexibility index (Phi) is 5.93. The van der Waals surface area contributed by atoms with Crippen molar-refractivity contribution in [2.45, 2.75) is 26.0 Å². The minimum Gasteiger partial charge on any atom is -0.497 e. The summed E-state index contributed by atoms with van der Waals surface area (Å²) >= 11 is 0. The number of para-hydroxylation sites is 1. The van der Waals surface area contributed by atoms with Gasteiger partial charge < -0.3 is 24.2 Å². The first kappa shape index (κ1) is 21.2. The number of ether oxygens (including phenoxy) is 2. The summed E-state index contributed by atoms with van der Waals surface area (Å²) in [6.45, 7) is 1.20. The van der Waals surface area contributed by atoms with Crippen LogP contribution in [0.1, 0.15) is 18.1 Å². The molecule has 0 spiro atoms. The second-order valence-corrected chi connectivity index (χ2v) is 7.38. The van der Waals surface area contributed by atoms with E-state index in [1.54, 1.807) is 18.2 Å². The molecule has 1 atom stereocenters. The van der Waals surface area contributed by atoms with Crippen molar-refractivity contribution in [3.63, 3.8) is 0 Å². The van der Waals surface area contributed by atoms with E-state index in [-0.39, 0.29) is 18.9 Å². The Labute approximate surface area is 183 Å². The predicted molar refractivity (Wildman–Crippen MR) is 118 cm³/mol. The SMILES string of the molecule is COc1ccc2c(COC(=O)C(Cc3c[nH]c4ccccc34)NC(C)=O)cc(=O)oc2c1. The Morgan fingerprint density at radius 3 is 2.69 bits per heavy atom. The van der Waals surface area contributed by atoms with Crippen LogP contribution >= 0.6 is 0 Å². The topological polar surface area (TPSA) is 111 Å². The predicted octanol–water partition coefficient (Wildman–Crippen LogP) is 3.07. The summed E-state index contributed by atoms with van der Waals surface area (Å²) in [7, 11) is 1.51. The Hall–Kier alpha value is -4.07. The lowest BCUT2D eigenvalue weighted by atomic mass is 10.0. The van der Waals surface area contributed by atoms with Gasteiger partial charge in [-0.2, -0.15) is 0 Å². The maximum Gasteiger partial charge on any atom is 0.336 e. The number of H-pyrrole nitrogens is 1. The number of nitrogens with one attached hydrogen (secondary N) is 2. The Morgan fingerprint density at radius 1 is 1.09 bits per heavy atom. The van der Waals surface area contributed by atoms with Gasteiger partial charge in [-0.1, -0.05) is 18.2 Å². The van der Waals surface area contributed by atoms with Gasteiger partial charge in [0.1, 0.15) is 24.0 Å². The molecule has 2 aromatic heterocycles.